The third-order valence-corrected chi connectivity index (χ3v) is 1.33. The fourth-order valence-corrected chi connectivity index (χ4v) is 0.709. The third kappa shape index (κ3) is 4.81. The van der Waals surface area contributed by atoms with Crippen molar-refractivity contribution < 1.29 is 9.90 Å². The molecule has 2 N–H and O–H groups in total. The van der Waals surface area contributed by atoms with Crippen LogP contribution in [0.3, 0.4) is 0 Å². The molecule has 64 valence electrons. The first-order valence-electron chi connectivity index (χ1n) is 3.33. The summed E-state index contributed by atoms with van der Waals surface area (Å²) in [6.45, 7) is 1.71. The van der Waals surface area contributed by atoms with Crippen molar-refractivity contribution in [2.45, 2.75) is 13.0 Å². The number of rotatable bonds is 4. The van der Waals surface area contributed by atoms with E-state index >= 15 is 0 Å². The summed E-state index contributed by atoms with van der Waals surface area (Å²) in [4.78, 5) is 10.7. The maximum absolute atomic E-state index is 10.7. The molecule has 4 heteroatoms. The molecule has 0 heterocycles. The Morgan fingerprint density at radius 3 is 2.82 bits per heavy atom. The number of alkyl halides is 1. The molecule has 0 rings (SSSR count). The van der Waals surface area contributed by atoms with Crippen molar-refractivity contribution in [2.75, 3.05) is 12.5 Å². The van der Waals surface area contributed by atoms with Gasteiger partial charge in [0.1, 0.15) is 5.88 Å². The minimum Gasteiger partial charge on any atom is -0.394 e. The first-order valence-corrected chi connectivity index (χ1v) is 3.87. The van der Waals surface area contributed by atoms with Crippen molar-refractivity contribution in [2.24, 2.45) is 0 Å². The van der Waals surface area contributed by atoms with E-state index in [1.54, 1.807) is 12.2 Å². The molecule has 1 atom stereocenters. The highest BCUT2D eigenvalue weighted by Gasteiger charge is 2.05. The summed E-state index contributed by atoms with van der Waals surface area (Å²) in [5.74, 6) is -0.350. The van der Waals surface area contributed by atoms with Gasteiger partial charge in [-0.3, -0.25) is 4.79 Å². The Morgan fingerprint density at radius 2 is 2.45 bits per heavy atom. The van der Waals surface area contributed by atoms with E-state index in [-0.39, 0.29) is 24.4 Å². The SMILES string of the molecule is C/C=C/[C@@H](CO)NC(=O)CCl. The van der Waals surface area contributed by atoms with Gasteiger partial charge in [-0.25, -0.2) is 0 Å². The van der Waals surface area contributed by atoms with E-state index in [0.29, 0.717) is 0 Å². The van der Waals surface area contributed by atoms with Crippen molar-refractivity contribution in [3.63, 3.8) is 0 Å². The third-order valence-electron chi connectivity index (χ3n) is 1.09. The zero-order chi connectivity index (χ0) is 8.69. The molecule has 0 bridgehead atoms. The van der Waals surface area contributed by atoms with E-state index in [2.05, 4.69) is 5.32 Å². The molecule has 0 spiro atoms. The largest absolute Gasteiger partial charge is 0.394 e. The van der Waals surface area contributed by atoms with Crippen LogP contribution in [0, 0.1) is 0 Å². The van der Waals surface area contributed by atoms with Crippen LogP contribution in [0.25, 0.3) is 0 Å². The Balaban J connectivity index is 3.77. The summed E-state index contributed by atoms with van der Waals surface area (Å²) >= 11 is 5.24. The van der Waals surface area contributed by atoms with Gasteiger partial charge in [-0.15, -0.1) is 11.6 Å². The number of carbonyl (C=O) groups excluding carboxylic acids is 1. The van der Waals surface area contributed by atoms with Crippen LogP contribution in [0.4, 0.5) is 0 Å². The van der Waals surface area contributed by atoms with Gasteiger partial charge in [-0.2, -0.15) is 0 Å². The molecular formula is C7H12ClNO2. The highest BCUT2D eigenvalue weighted by Crippen LogP contribution is 1.86. The van der Waals surface area contributed by atoms with Gasteiger partial charge < -0.3 is 10.4 Å². The lowest BCUT2D eigenvalue weighted by molar-refractivity contribution is -0.119. The maximum atomic E-state index is 10.7. The molecule has 11 heavy (non-hydrogen) atoms. The standard InChI is InChI=1S/C7H12ClNO2/c1-2-3-6(5-10)9-7(11)4-8/h2-3,6,10H,4-5H2,1H3,(H,9,11)/b3-2+/t6-/m0/s1. The molecule has 0 aromatic rings. The fourth-order valence-electron chi connectivity index (χ4n) is 0.632. The van der Waals surface area contributed by atoms with Crippen molar-refractivity contribution in [1.29, 1.82) is 0 Å². The van der Waals surface area contributed by atoms with E-state index in [0.717, 1.165) is 0 Å². The van der Waals surface area contributed by atoms with Crippen LogP contribution < -0.4 is 5.32 Å². The van der Waals surface area contributed by atoms with Crippen LogP contribution in [-0.2, 0) is 4.79 Å². The number of hydrogen-bond acceptors (Lipinski definition) is 2. The number of allylic oxidation sites excluding steroid dienone is 1. The normalized spacial score (nSPS) is 13.4. The van der Waals surface area contributed by atoms with Crippen LogP contribution in [0.2, 0.25) is 0 Å². The van der Waals surface area contributed by atoms with Gasteiger partial charge >= 0.3 is 0 Å². The molecule has 0 aliphatic carbocycles. The number of halogens is 1. The van der Waals surface area contributed by atoms with Gasteiger partial charge in [0.15, 0.2) is 0 Å². The Bertz CT molecular complexity index is 147. The van der Waals surface area contributed by atoms with Gasteiger partial charge in [-0.05, 0) is 6.92 Å². The highest BCUT2D eigenvalue weighted by atomic mass is 35.5. The van der Waals surface area contributed by atoms with Gasteiger partial charge in [-0.1, -0.05) is 12.2 Å². The maximum Gasteiger partial charge on any atom is 0.235 e. The summed E-state index contributed by atoms with van der Waals surface area (Å²) < 4.78 is 0. The number of aliphatic hydroxyl groups is 1. The van der Waals surface area contributed by atoms with Gasteiger partial charge in [0.25, 0.3) is 0 Å². The predicted molar refractivity (Wildman–Crippen MR) is 44.6 cm³/mol. The van der Waals surface area contributed by atoms with Crippen LogP contribution in [0.1, 0.15) is 6.92 Å². The van der Waals surface area contributed by atoms with E-state index < -0.39 is 0 Å². The van der Waals surface area contributed by atoms with Gasteiger partial charge in [0, 0.05) is 0 Å². The Hall–Kier alpha value is -0.540. The van der Waals surface area contributed by atoms with E-state index in [9.17, 15) is 4.79 Å². The topological polar surface area (TPSA) is 49.3 Å². The molecule has 0 aliphatic heterocycles. The Morgan fingerprint density at radius 1 is 1.82 bits per heavy atom. The summed E-state index contributed by atoms with van der Waals surface area (Å²) in [5, 5.41) is 11.2. The molecule has 0 unspecified atom stereocenters. The van der Waals surface area contributed by atoms with Crippen molar-refractivity contribution in [3.05, 3.63) is 12.2 Å². The number of hydrogen-bond donors (Lipinski definition) is 2. The zero-order valence-corrected chi connectivity index (χ0v) is 7.14. The Kier molecular flexibility index (Phi) is 5.88. The second kappa shape index (κ2) is 6.19. The fraction of sp³-hybridized carbons (Fsp3) is 0.571. The lowest BCUT2D eigenvalue weighted by Gasteiger charge is -2.09. The lowest BCUT2D eigenvalue weighted by atomic mass is 10.3. The molecule has 1 amide bonds. The van der Waals surface area contributed by atoms with E-state index in [1.165, 1.54) is 0 Å². The van der Waals surface area contributed by atoms with Crippen LogP contribution in [0.15, 0.2) is 12.2 Å². The van der Waals surface area contributed by atoms with Crippen LogP contribution in [-0.4, -0.2) is 29.5 Å². The summed E-state index contributed by atoms with van der Waals surface area (Å²) in [5.41, 5.74) is 0. The molecule has 3 nitrogen and oxygen atoms in total. The smallest absolute Gasteiger partial charge is 0.235 e. The quantitative estimate of drug-likeness (QED) is 0.479. The average molecular weight is 178 g/mol. The van der Waals surface area contributed by atoms with Crippen LogP contribution >= 0.6 is 11.6 Å². The summed E-state index contributed by atoms with van der Waals surface area (Å²) in [7, 11) is 0. The highest BCUT2D eigenvalue weighted by molar-refractivity contribution is 6.27. The summed E-state index contributed by atoms with van der Waals surface area (Å²) in [6, 6.07) is -0.314. The van der Waals surface area contributed by atoms with Crippen molar-refractivity contribution in [3.8, 4) is 0 Å². The van der Waals surface area contributed by atoms with Crippen molar-refractivity contribution in [1.82, 2.24) is 5.32 Å². The molecule has 0 saturated carbocycles. The lowest BCUT2D eigenvalue weighted by Crippen LogP contribution is -2.36. The number of aliphatic hydroxyl groups excluding tert-OH is 1. The zero-order valence-electron chi connectivity index (χ0n) is 6.38. The van der Waals surface area contributed by atoms with Gasteiger partial charge in [0.05, 0.1) is 12.6 Å². The molecule has 0 aromatic heterocycles. The molecule has 0 aliphatic rings. The monoisotopic (exact) mass is 177 g/mol. The second-order valence-corrected chi connectivity index (χ2v) is 2.28. The predicted octanol–water partition coefficient (Wildman–Crippen LogP) is 0.278. The number of carbonyl (C=O) groups is 1. The molecule has 0 fully saturated rings. The molecule has 0 radical (unpaired) electrons. The average Bonchev–Trinajstić information content (AvgIpc) is 2.03. The minimum atomic E-state index is -0.314. The number of nitrogens with one attached hydrogen (secondary N) is 1. The van der Waals surface area contributed by atoms with Crippen LogP contribution in [0.5, 0.6) is 0 Å². The van der Waals surface area contributed by atoms with Crippen molar-refractivity contribution >= 4 is 17.5 Å². The molecule has 0 aromatic carbocycles. The first-order chi connectivity index (χ1) is 5.24. The summed E-state index contributed by atoms with van der Waals surface area (Å²) in [6.07, 6.45) is 3.46. The van der Waals surface area contributed by atoms with Gasteiger partial charge in [0.2, 0.25) is 5.91 Å². The minimum absolute atomic E-state index is 0.0753. The van der Waals surface area contributed by atoms with E-state index in [1.807, 2.05) is 6.92 Å². The number of amides is 1. The van der Waals surface area contributed by atoms with E-state index in [4.69, 9.17) is 16.7 Å². The molecule has 0 saturated heterocycles. The molecular weight excluding hydrogens is 166 g/mol. The first kappa shape index (κ1) is 10.5. The second-order valence-electron chi connectivity index (χ2n) is 2.02. The Labute approximate surface area is 71.0 Å².